The predicted molar refractivity (Wildman–Crippen MR) is 102 cm³/mol. The van der Waals surface area contributed by atoms with Crippen LogP contribution in [0.1, 0.15) is 49.9 Å². The van der Waals surface area contributed by atoms with Crippen LogP contribution in [0.15, 0.2) is 33.5 Å². The zero-order valence-electron chi connectivity index (χ0n) is 15.5. The lowest BCUT2D eigenvalue weighted by Crippen LogP contribution is -2.21. The average molecular weight is 361 g/mol. The number of anilines is 1. The molecule has 1 N–H and O–H groups in total. The van der Waals surface area contributed by atoms with Gasteiger partial charge < -0.3 is 19.2 Å². The van der Waals surface area contributed by atoms with Gasteiger partial charge in [0.2, 0.25) is 0 Å². The van der Waals surface area contributed by atoms with Gasteiger partial charge in [0.05, 0.1) is 6.61 Å². The van der Waals surface area contributed by atoms with Gasteiger partial charge in [0.25, 0.3) is 0 Å². The summed E-state index contributed by atoms with van der Waals surface area (Å²) in [5, 5.41) is 9.41. The second-order valence-corrected chi connectivity index (χ2v) is 6.12. The van der Waals surface area contributed by atoms with E-state index in [1.807, 2.05) is 18.2 Å². The minimum atomic E-state index is -0.681. The summed E-state index contributed by atoms with van der Waals surface area (Å²) in [5.74, 6) is -0.657. The van der Waals surface area contributed by atoms with E-state index in [0.717, 1.165) is 38.0 Å². The Balaban J connectivity index is 2.09. The molecule has 2 rings (SSSR count). The lowest BCUT2D eigenvalue weighted by atomic mass is 10.1. The molecule has 0 atom stereocenters. The standard InChI is InChI=1S/C20H27NO5/c1-3-21(4-2)16-10-9-15-13-17(20(24)26-18(15)14-16)19(23)25-12-8-6-5-7-11-22/h9-10,13-14,22H,3-8,11-12H2,1-2H3. The highest BCUT2D eigenvalue weighted by molar-refractivity contribution is 5.93. The van der Waals surface area contributed by atoms with Gasteiger partial charge in [-0.1, -0.05) is 6.42 Å². The van der Waals surface area contributed by atoms with Gasteiger partial charge in [-0.05, 0) is 51.3 Å². The Morgan fingerprint density at radius 1 is 1.12 bits per heavy atom. The van der Waals surface area contributed by atoms with Crippen molar-refractivity contribution in [2.24, 2.45) is 0 Å². The van der Waals surface area contributed by atoms with Crippen molar-refractivity contribution in [3.05, 3.63) is 40.2 Å². The fourth-order valence-electron chi connectivity index (χ4n) is 2.84. The second-order valence-electron chi connectivity index (χ2n) is 6.12. The van der Waals surface area contributed by atoms with Crippen LogP contribution in [0.4, 0.5) is 5.69 Å². The molecule has 0 aliphatic rings. The van der Waals surface area contributed by atoms with Crippen LogP contribution in [0.5, 0.6) is 0 Å². The summed E-state index contributed by atoms with van der Waals surface area (Å²) in [4.78, 5) is 26.4. The van der Waals surface area contributed by atoms with E-state index in [1.165, 1.54) is 6.07 Å². The average Bonchev–Trinajstić information content (AvgIpc) is 2.64. The largest absolute Gasteiger partial charge is 0.462 e. The van der Waals surface area contributed by atoms with Crippen molar-refractivity contribution in [1.82, 2.24) is 0 Å². The molecule has 0 saturated carbocycles. The van der Waals surface area contributed by atoms with Crippen molar-refractivity contribution in [1.29, 1.82) is 0 Å². The maximum absolute atomic E-state index is 12.2. The summed E-state index contributed by atoms with van der Waals surface area (Å²) in [6, 6.07) is 7.14. The van der Waals surface area contributed by atoms with Crippen molar-refractivity contribution in [3.8, 4) is 0 Å². The van der Waals surface area contributed by atoms with E-state index in [9.17, 15) is 9.59 Å². The first kappa shape index (κ1) is 20.0. The molecule has 6 heteroatoms. The minimum absolute atomic E-state index is 0.0801. The molecule has 0 unspecified atom stereocenters. The summed E-state index contributed by atoms with van der Waals surface area (Å²) < 4.78 is 10.5. The molecule has 0 amide bonds. The minimum Gasteiger partial charge on any atom is -0.462 e. The van der Waals surface area contributed by atoms with E-state index in [1.54, 1.807) is 0 Å². The van der Waals surface area contributed by atoms with Gasteiger partial charge in [0, 0.05) is 36.8 Å². The number of ether oxygens (including phenoxy) is 1. The molecule has 1 heterocycles. The normalized spacial score (nSPS) is 10.9. The first-order valence-electron chi connectivity index (χ1n) is 9.21. The van der Waals surface area contributed by atoms with Crippen LogP contribution in [0.25, 0.3) is 11.0 Å². The van der Waals surface area contributed by atoms with E-state index in [2.05, 4.69) is 18.7 Å². The summed E-state index contributed by atoms with van der Waals surface area (Å²) >= 11 is 0. The molecule has 0 aliphatic heterocycles. The second kappa shape index (κ2) is 9.97. The summed E-state index contributed by atoms with van der Waals surface area (Å²) in [5.41, 5.74) is 0.673. The SMILES string of the molecule is CCN(CC)c1ccc2cc(C(=O)OCCCCCCO)c(=O)oc2c1. The lowest BCUT2D eigenvalue weighted by molar-refractivity contribution is 0.0492. The Hall–Kier alpha value is -2.34. The number of hydrogen-bond donors (Lipinski definition) is 1. The third kappa shape index (κ3) is 5.08. The molecule has 26 heavy (non-hydrogen) atoms. The Bertz CT molecular complexity index is 779. The predicted octanol–water partition coefficient (Wildman–Crippen LogP) is 3.35. The lowest BCUT2D eigenvalue weighted by Gasteiger charge is -2.20. The van der Waals surface area contributed by atoms with Crippen molar-refractivity contribution >= 4 is 22.6 Å². The van der Waals surface area contributed by atoms with Gasteiger partial charge in [-0.3, -0.25) is 0 Å². The van der Waals surface area contributed by atoms with Gasteiger partial charge in [0.1, 0.15) is 11.1 Å². The number of esters is 1. The number of aliphatic hydroxyl groups is 1. The monoisotopic (exact) mass is 361 g/mol. The Morgan fingerprint density at radius 2 is 1.85 bits per heavy atom. The van der Waals surface area contributed by atoms with E-state index in [0.29, 0.717) is 17.4 Å². The van der Waals surface area contributed by atoms with Crippen LogP contribution in [0.2, 0.25) is 0 Å². The number of aliphatic hydroxyl groups excluding tert-OH is 1. The Kier molecular flexibility index (Phi) is 7.66. The maximum atomic E-state index is 12.2. The third-order valence-corrected chi connectivity index (χ3v) is 4.35. The van der Waals surface area contributed by atoms with Crippen LogP contribution in [0.3, 0.4) is 0 Å². The van der Waals surface area contributed by atoms with Crippen molar-refractivity contribution in [2.45, 2.75) is 39.5 Å². The van der Waals surface area contributed by atoms with Crippen LogP contribution >= 0.6 is 0 Å². The van der Waals surface area contributed by atoms with Crippen molar-refractivity contribution in [2.75, 3.05) is 31.2 Å². The molecular formula is C20H27NO5. The molecule has 0 radical (unpaired) electrons. The van der Waals surface area contributed by atoms with Gasteiger partial charge >= 0.3 is 11.6 Å². The summed E-state index contributed by atoms with van der Waals surface area (Å²) in [6.07, 6.45) is 3.21. The number of carbonyl (C=O) groups excluding carboxylic acids is 1. The molecule has 2 aromatic rings. The van der Waals surface area contributed by atoms with E-state index >= 15 is 0 Å². The number of rotatable bonds is 10. The van der Waals surface area contributed by atoms with Crippen LogP contribution in [-0.2, 0) is 4.74 Å². The molecule has 142 valence electrons. The molecule has 6 nitrogen and oxygen atoms in total. The quantitative estimate of drug-likeness (QED) is 0.397. The molecule has 0 spiro atoms. The van der Waals surface area contributed by atoms with Crippen molar-refractivity contribution in [3.63, 3.8) is 0 Å². The smallest absolute Gasteiger partial charge is 0.351 e. The first-order chi connectivity index (χ1) is 12.6. The summed E-state index contributed by atoms with van der Waals surface area (Å²) in [7, 11) is 0. The zero-order valence-corrected chi connectivity index (χ0v) is 15.5. The number of unbranched alkanes of at least 4 members (excludes halogenated alkanes) is 3. The van der Waals surface area contributed by atoms with E-state index in [4.69, 9.17) is 14.3 Å². The fourth-order valence-corrected chi connectivity index (χ4v) is 2.84. The molecule has 1 aromatic heterocycles. The number of benzene rings is 1. The highest BCUT2D eigenvalue weighted by Crippen LogP contribution is 2.22. The number of nitrogens with zero attached hydrogens (tertiary/aromatic N) is 1. The van der Waals surface area contributed by atoms with Gasteiger partial charge in [-0.15, -0.1) is 0 Å². The molecular weight excluding hydrogens is 334 g/mol. The fraction of sp³-hybridized carbons (Fsp3) is 0.500. The van der Waals surface area contributed by atoms with Gasteiger partial charge in [-0.25, -0.2) is 9.59 Å². The topological polar surface area (TPSA) is 80.0 Å². The van der Waals surface area contributed by atoms with Crippen LogP contribution in [0, 0.1) is 0 Å². The number of fused-ring (bicyclic) bond motifs is 1. The molecule has 0 bridgehead atoms. The maximum Gasteiger partial charge on any atom is 0.351 e. The summed E-state index contributed by atoms with van der Waals surface area (Å²) in [6.45, 7) is 6.26. The van der Waals surface area contributed by atoms with E-state index < -0.39 is 11.6 Å². The first-order valence-corrected chi connectivity index (χ1v) is 9.21. The van der Waals surface area contributed by atoms with Crippen LogP contribution in [-0.4, -0.2) is 37.4 Å². The molecule has 1 aromatic carbocycles. The molecule has 0 fully saturated rings. The number of carbonyl (C=O) groups is 1. The Labute approximate surface area is 153 Å². The van der Waals surface area contributed by atoms with E-state index in [-0.39, 0.29) is 18.8 Å². The Morgan fingerprint density at radius 3 is 2.54 bits per heavy atom. The third-order valence-electron chi connectivity index (χ3n) is 4.35. The molecule has 0 aliphatic carbocycles. The highest BCUT2D eigenvalue weighted by atomic mass is 16.5. The highest BCUT2D eigenvalue weighted by Gasteiger charge is 2.16. The molecule has 0 saturated heterocycles. The zero-order chi connectivity index (χ0) is 18.9. The van der Waals surface area contributed by atoms with Gasteiger partial charge in [0.15, 0.2) is 0 Å². The van der Waals surface area contributed by atoms with Crippen LogP contribution < -0.4 is 10.5 Å². The van der Waals surface area contributed by atoms with Gasteiger partial charge in [-0.2, -0.15) is 0 Å². The van der Waals surface area contributed by atoms with Crippen molar-refractivity contribution < 1.29 is 19.1 Å². The number of hydrogen-bond acceptors (Lipinski definition) is 6.